The molecule has 0 aliphatic rings. The number of rotatable bonds is 3. The third-order valence-corrected chi connectivity index (χ3v) is 3.96. The first-order valence-corrected chi connectivity index (χ1v) is 7.57. The van der Waals surface area contributed by atoms with Gasteiger partial charge in [-0.25, -0.2) is 13.8 Å². The molecule has 4 heteroatoms. The summed E-state index contributed by atoms with van der Waals surface area (Å²) in [5.41, 5.74) is 3.09. The molecule has 0 aliphatic carbocycles. The fourth-order valence-electron chi connectivity index (χ4n) is 2.80. The van der Waals surface area contributed by atoms with Crippen molar-refractivity contribution in [2.24, 2.45) is 0 Å². The van der Waals surface area contributed by atoms with E-state index in [0.717, 1.165) is 16.6 Å². The highest BCUT2D eigenvalue weighted by molar-refractivity contribution is 5.72. The van der Waals surface area contributed by atoms with Gasteiger partial charge in [-0.15, -0.1) is 0 Å². The van der Waals surface area contributed by atoms with Gasteiger partial charge < -0.3 is 4.42 Å². The summed E-state index contributed by atoms with van der Waals surface area (Å²) >= 11 is 0. The molecule has 24 heavy (non-hydrogen) atoms. The maximum absolute atomic E-state index is 13.3. The number of para-hydroxylation sites is 2. The number of nitrogens with zero attached hydrogens (tertiary/aromatic N) is 1. The molecule has 0 N–H and O–H groups in total. The summed E-state index contributed by atoms with van der Waals surface area (Å²) in [4.78, 5) is 4.56. The van der Waals surface area contributed by atoms with E-state index in [-0.39, 0.29) is 17.6 Å². The number of benzene rings is 3. The molecule has 4 aromatic rings. The van der Waals surface area contributed by atoms with Gasteiger partial charge in [0.05, 0.1) is 5.92 Å². The van der Waals surface area contributed by atoms with E-state index in [2.05, 4.69) is 4.98 Å². The molecule has 0 bridgehead atoms. The van der Waals surface area contributed by atoms with Gasteiger partial charge in [-0.1, -0.05) is 36.4 Å². The van der Waals surface area contributed by atoms with Crippen molar-refractivity contribution < 1.29 is 13.2 Å². The molecule has 4 rings (SSSR count). The molecule has 3 aromatic carbocycles. The molecule has 2 nitrogen and oxygen atoms in total. The van der Waals surface area contributed by atoms with Crippen molar-refractivity contribution in [2.45, 2.75) is 5.92 Å². The van der Waals surface area contributed by atoms with Gasteiger partial charge in [0.1, 0.15) is 17.2 Å². The Hall–Kier alpha value is -3.01. The van der Waals surface area contributed by atoms with E-state index in [1.807, 2.05) is 24.3 Å². The van der Waals surface area contributed by atoms with Crippen LogP contribution in [0.25, 0.3) is 11.1 Å². The van der Waals surface area contributed by atoms with Gasteiger partial charge in [-0.3, -0.25) is 0 Å². The smallest absolute Gasteiger partial charge is 0.207 e. The molecule has 0 atom stereocenters. The summed E-state index contributed by atoms with van der Waals surface area (Å²) in [7, 11) is 0. The molecular formula is C20H13F2NO. The topological polar surface area (TPSA) is 26.0 Å². The zero-order valence-electron chi connectivity index (χ0n) is 12.6. The van der Waals surface area contributed by atoms with Gasteiger partial charge in [-0.2, -0.15) is 0 Å². The average Bonchev–Trinajstić information content (AvgIpc) is 3.02. The van der Waals surface area contributed by atoms with E-state index in [1.165, 1.54) is 24.3 Å². The Kier molecular flexibility index (Phi) is 3.58. The lowest BCUT2D eigenvalue weighted by Crippen LogP contribution is -2.04. The lowest BCUT2D eigenvalue weighted by Gasteiger charge is -2.14. The average molecular weight is 321 g/mol. The second-order valence-corrected chi connectivity index (χ2v) is 5.56. The summed E-state index contributed by atoms with van der Waals surface area (Å²) < 4.78 is 32.5. The second-order valence-electron chi connectivity index (χ2n) is 5.56. The van der Waals surface area contributed by atoms with E-state index in [9.17, 15) is 8.78 Å². The second kappa shape index (κ2) is 5.89. The Morgan fingerprint density at radius 3 is 1.79 bits per heavy atom. The van der Waals surface area contributed by atoms with Crippen LogP contribution in [0.1, 0.15) is 22.9 Å². The summed E-state index contributed by atoms with van der Waals surface area (Å²) in [5.74, 6) is -0.462. The third-order valence-electron chi connectivity index (χ3n) is 3.96. The van der Waals surface area contributed by atoms with Crippen LogP contribution in [-0.4, -0.2) is 4.98 Å². The van der Waals surface area contributed by atoms with Gasteiger partial charge in [0.2, 0.25) is 5.89 Å². The predicted octanol–water partition coefficient (Wildman–Crippen LogP) is 5.29. The van der Waals surface area contributed by atoms with E-state index >= 15 is 0 Å². The standard InChI is InChI=1S/C20H13F2NO/c21-15-9-5-13(6-10-15)19(14-7-11-16(22)12-8-14)20-23-17-3-1-2-4-18(17)24-20/h1-12,19H. The Morgan fingerprint density at radius 2 is 1.25 bits per heavy atom. The highest BCUT2D eigenvalue weighted by Crippen LogP contribution is 2.33. The van der Waals surface area contributed by atoms with Crippen LogP contribution in [0.2, 0.25) is 0 Å². The minimum Gasteiger partial charge on any atom is -0.440 e. The van der Waals surface area contributed by atoms with Crippen molar-refractivity contribution in [3.63, 3.8) is 0 Å². The Morgan fingerprint density at radius 1 is 0.708 bits per heavy atom. The van der Waals surface area contributed by atoms with Crippen molar-refractivity contribution in [2.75, 3.05) is 0 Å². The molecule has 0 radical (unpaired) electrons. The third kappa shape index (κ3) is 2.67. The minimum absolute atomic E-state index is 0.311. The number of fused-ring (bicyclic) bond motifs is 1. The molecule has 0 unspecified atom stereocenters. The molecule has 1 aromatic heterocycles. The number of aromatic nitrogens is 1. The van der Waals surface area contributed by atoms with Crippen LogP contribution < -0.4 is 0 Å². The van der Waals surface area contributed by atoms with Crippen LogP contribution in [0.3, 0.4) is 0 Å². The van der Waals surface area contributed by atoms with Gasteiger partial charge >= 0.3 is 0 Å². The van der Waals surface area contributed by atoms with Crippen molar-refractivity contribution in [1.82, 2.24) is 4.98 Å². The minimum atomic E-state index is -0.335. The highest BCUT2D eigenvalue weighted by Gasteiger charge is 2.22. The molecule has 0 aliphatic heterocycles. The summed E-state index contributed by atoms with van der Waals surface area (Å²) in [6.45, 7) is 0. The summed E-state index contributed by atoms with van der Waals surface area (Å²) in [6.07, 6.45) is 0. The van der Waals surface area contributed by atoms with Crippen molar-refractivity contribution in [3.05, 3.63) is 101 Å². The predicted molar refractivity (Wildman–Crippen MR) is 87.8 cm³/mol. The monoisotopic (exact) mass is 321 g/mol. The van der Waals surface area contributed by atoms with Crippen LogP contribution in [0.4, 0.5) is 8.78 Å². The Labute approximate surface area is 137 Å². The summed E-state index contributed by atoms with van der Waals surface area (Å²) in [5, 5.41) is 0. The SMILES string of the molecule is Fc1ccc(C(c2ccc(F)cc2)c2nc3ccccc3o2)cc1. The fourth-order valence-corrected chi connectivity index (χ4v) is 2.80. The Bertz CT molecular complexity index is 896. The maximum Gasteiger partial charge on any atom is 0.207 e. The molecule has 1 heterocycles. The highest BCUT2D eigenvalue weighted by atomic mass is 19.1. The van der Waals surface area contributed by atoms with E-state index in [0.29, 0.717) is 11.5 Å². The first-order valence-electron chi connectivity index (χ1n) is 7.57. The van der Waals surface area contributed by atoms with Crippen LogP contribution in [-0.2, 0) is 0 Å². The molecular weight excluding hydrogens is 308 g/mol. The first kappa shape index (κ1) is 14.6. The maximum atomic E-state index is 13.3. The lowest BCUT2D eigenvalue weighted by molar-refractivity contribution is 0.521. The van der Waals surface area contributed by atoms with E-state index in [1.54, 1.807) is 24.3 Å². The molecule has 0 spiro atoms. The summed E-state index contributed by atoms with van der Waals surface area (Å²) in [6, 6.07) is 19.8. The van der Waals surface area contributed by atoms with Crippen LogP contribution >= 0.6 is 0 Å². The van der Waals surface area contributed by atoms with Crippen LogP contribution in [0.15, 0.2) is 77.2 Å². The van der Waals surface area contributed by atoms with Crippen LogP contribution in [0, 0.1) is 11.6 Å². The van der Waals surface area contributed by atoms with Gasteiger partial charge in [0.25, 0.3) is 0 Å². The largest absolute Gasteiger partial charge is 0.440 e. The van der Waals surface area contributed by atoms with E-state index < -0.39 is 0 Å². The normalized spacial score (nSPS) is 11.3. The molecule has 0 saturated carbocycles. The molecule has 0 amide bonds. The number of oxazole rings is 1. The van der Waals surface area contributed by atoms with E-state index in [4.69, 9.17) is 4.42 Å². The number of hydrogen-bond donors (Lipinski definition) is 0. The quantitative estimate of drug-likeness (QED) is 0.513. The fraction of sp³-hybridized carbons (Fsp3) is 0.0500. The zero-order valence-corrected chi connectivity index (χ0v) is 12.6. The van der Waals surface area contributed by atoms with Crippen LogP contribution in [0.5, 0.6) is 0 Å². The van der Waals surface area contributed by atoms with Gasteiger partial charge in [0, 0.05) is 0 Å². The number of halogens is 2. The zero-order chi connectivity index (χ0) is 16.5. The van der Waals surface area contributed by atoms with Crippen molar-refractivity contribution >= 4 is 11.1 Å². The van der Waals surface area contributed by atoms with Crippen molar-refractivity contribution in [1.29, 1.82) is 0 Å². The number of hydrogen-bond acceptors (Lipinski definition) is 2. The van der Waals surface area contributed by atoms with Gasteiger partial charge in [-0.05, 0) is 47.5 Å². The molecule has 0 fully saturated rings. The van der Waals surface area contributed by atoms with Crippen molar-refractivity contribution in [3.8, 4) is 0 Å². The van der Waals surface area contributed by atoms with Gasteiger partial charge in [0.15, 0.2) is 5.58 Å². The molecule has 118 valence electrons. The first-order chi connectivity index (χ1) is 11.7. The lowest BCUT2D eigenvalue weighted by atomic mass is 9.91. The Balaban J connectivity index is 1.88. The molecule has 0 saturated heterocycles.